The summed E-state index contributed by atoms with van der Waals surface area (Å²) in [6.07, 6.45) is 0.456. The standard InChI is InChI=1S/C17H14ClFN2O2S2/c18-13-2-1-3-16(10-13)25(22,23)20-9-8-15-11-24-17(21-15)12-4-6-14(19)7-5-12/h1-7,10-11,20H,8-9H2. The van der Waals surface area contributed by atoms with Gasteiger partial charge in [-0.05, 0) is 42.5 Å². The first-order valence-electron chi connectivity index (χ1n) is 7.40. The molecule has 4 nitrogen and oxygen atoms in total. The van der Waals surface area contributed by atoms with Crippen LogP contribution < -0.4 is 4.72 Å². The number of hydrogen-bond donors (Lipinski definition) is 1. The molecule has 0 aliphatic rings. The lowest BCUT2D eigenvalue weighted by molar-refractivity contribution is 0.581. The van der Waals surface area contributed by atoms with E-state index in [0.717, 1.165) is 16.3 Å². The normalized spacial score (nSPS) is 11.6. The van der Waals surface area contributed by atoms with E-state index in [2.05, 4.69) is 9.71 Å². The number of nitrogens with one attached hydrogen (secondary N) is 1. The molecule has 0 saturated heterocycles. The highest BCUT2D eigenvalue weighted by atomic mass is 35.5. The predicted octanol–water partition coefficient (Wildman–Crippen LogP) is 4.12. The van der Waals surface area contributed by atoms with Gasteiger partial charge in [0.1, 0.15) is 10.8 Å². The molecule has 0 amide bonds. The molecule has 8 heteroatoms. The molecule has 0 radical (unpaired) electrons. The summed E-state index contributed by atoms with van der Waals surface area (Å²) in [7, 11) is -3.60. The number of benzene rings is 2. The Kier molecular flexibility index (Phi) is 5.48. The summed E-state index contributed by atoms with van der Waals surface area (Å²) < 4.78 is 39.9. The van der Waals surface area contributed by atoms with Gasteiger partial charge in [0.15, 0.2) is 0 Å². The molecule has 0 atom stereocenters. The van der Waals surface area contributed by atoms with Crippen LogP contribution in [0.5, 0.6) is 0 Å². The van der Waals surface area contributed by atoms with Crippen molar-refractivity contribution in [2.24, 2.45) is 0 Å². The van der Waals surface area contributed by atoms with Gasteiger partial charge in [0, 0.05) is 28.9 Å². The van der Waals surface area contributed by atoms with Crippen LogP contribution in [0.15, 0.2) is 58.8 Å². The maximum absolute atomic E-state index is 13.0. The van der Waals surface area contributed by atoms with Crippen LogP contribution in [-0.2, 0) is 16.4 Å². The minimum Gasteiger partial charge on any atom is -0.241 e. The zero-order chi connectivity index (χ0) is 17.9. The number of sulfonamides is 1. The molecule has 0 aliphatic carbocycles. The maximum Gasteiger partial charge on any atom is 0.240 e. The Morgan fingerprint density at radius 1 is 1.16 bits per heavy atom. The van der Waals surface area contributed by atoms with Crippen molar-refractivity contribution in [3.8, 4) is 10.6 Å². The number of thiazole rings is 1. The predicted molar refractivity (Wildman–Crippen MR) is 97.9 cm³/mol. The topological polar surface area (TPSA) is 59.1 Å². The van der Waals surface area contributed by atoms with Gasteiger partial charge in [0.05, 0.1) is 10.6 Å². The smallest absolute Gasteiger partial charge is 0.240 e. The lowest BCUT2D eigenvalue weighted by Gasteiger charge is -2.06. The van der Waals surface area contributed by atoms with Gasteiger partial charge in [-0.15, -0.1) is 11.3 Å². The van der Waals surface area contributed by atoms with E-state index in [1.54, 1.807) is 24.3 Å². The molecule has 1 aromatic heterocycles. The maximum atomic E-state index is 13.0. The first-order chi connectivity index (χ1) is 11.9. The van der Waals surface area contributed by atoms with E-state index in [0.29, 0.717) is 11.4 Å². The summed E-state index contributed by atoms with van der Waals surface area (Å²) in [5, 5.41) is 3.01. The molecule has 0 unspecified atom stereocenters. The van der Waals surface area contributed by atoms with E-state index in [4.69, 9.17) is 11.6 Å². The minimum atomic E-state index is -3.60. The van der Waals surface area contributed by atoms with Crippen LogP contribution in [0.2, 0.25) is 5.02 Å². The molecule has 3 aromatic rings. The first kappa shape index (κ1) is 18.0. The van der Waals surface area contributed by atoms with Crippen molar-refractivity contribution in [3.05, 3.63) is 70.4 Å². The van der Waals surface area contributed by atoms with Crippen LogP contribution in [0.4, 0.5) is 4.39 Å². The largest absolute Gasteiger partial charge is 0.241 e. The minimum absolute atomic E-state index is 0.130. The van der Waals surface area contributed by atoms with Crippen molar-refractivity contribution in [1.29, 1.82) is 0 Å². The lowest BCUT2D eigenvalue weighted by atomic mass is 10.2. The second kappa shape index (κ2) is 7.61. The van der Waals surface area contributed by atoms with E-state index in [1.165, 1.54) is 35.6 Å². The quantitative estimate of drug-likeness (QED) is 0.681. The number of halogens is 2. The third-order valence-corrected chi connectivity index (χ3v) is 6.06. The van der Waals surface area contributed by atoms with E-state index in [-0.39, 0.29) is 17.3 Å². The van der Waals surface area contributed by atoms with Gasteiger partial charge in [-0.3, -0.25) is 0 Å². The van der Waals surface area contributed by atoms with Crippen molar-refractivity contribution < 1.29 is 12.8 Å². The summed E-state index contributed by atoms with van der Waals surface area (Å²) in [6, 6.07) is 12.2. The molecular formula is C17H14ClFN2O2S2. The second-order valence-electron chi connectivity index (χ2n) is 5.26. The van der Waals surface area contributed by atoms with Crippen molar-refractivity contribution in [3.63, 3.8) is 0 Å². The SMILES string of the molecule is O=S(=O)(NCCc1csc(-c2ccc(F)cc2)n1)c1cccc(Cl)c1. The van der Waals surface area contributed by atoms with E-state index in [1.807, 2.05) is 5.38 Å². The van der Waals surface area contributed by atoms with Crippen LogP contribution in [0.1, 0.15) is 5.69 Å². The highest BCUT2D eigenvalue weighted by molar-refractivity contribution is 7.89. The summed E-state index contributed by atoms with van der Waals surface area (Å²) in [4.78, 5) is 4.59. The highest BCUT2D eigenvalue weighted by Gasteiger charge is 2.14. The van der Waals surface area contributed by atoms with Crippen LogP contribution >= 0.6 is 22.9 Å². The zero-order valence-corrected chi connectivity index (χ0v) is 15.3. The van der Waals surface area contributed by atoms with Crippen molar-refractivity contribution in [2.45, 2.75) is 11.3 Å². The number of rotatable bonds is 6. The molecule has 25 heavy (non-hydrogen) atoms. The fourth-order valence-electron chi connectivity index (χ4n) is 2.18. The fraction of sp³-hybridized carbons (Fsp3) is 0.118. The summed E-state index contributed by atoms with van der Waals surface area (Å²) >= 11 is 7.26. The number of aromatic nitrogens is 1. The lowest BCUT2D eigenvalue weighted by Crippen LogP contribution is -2.26. The van der Waals surface area contributed by atoms with E-state index in [9.17, 15) is 12.8 Å². The molecule has 0 bridgehead atoms. The monoisotopic (exact) mass is 396 g/mol. The van der Waals surface area contributed by atoms with Gasteiger partial charge in [-0.2, -0.15) is 0 Å². The zero-order valence-electron chi connectivity index (χ0n) is 12.9. The number of nitrogens with zero attached hydrogens (tertiary/aromatic N) is 1. The Labute approximate surface area is 154 Å². The molecule has 1 N–H and O–H groups in total. The fourth-order valence-corrected chi connectivity index (χ4v) is 4.37. The van der Waals surface area contributed by atoms with Crippen molar-refractivity contribution in [2.75, 3.05) is 6.54 Å². The molecule has 3 rings (SSSR count). The van der Waals surface area contributed by atoms with Crippen molar-refractivity contribution >= 4 is 33.0 Å². The second-order valence-corrected chi connectivity index (χ2v) is 8.32. The van der Waals surface area contributed by atoms with Gasteiger partial charge in [-0.25, -0.2) is 22.5 Å². The van der Waals surface area contributed by atoms with Crippen LogP contribution in [0, 0.1) is 5.82 Å². The molecule has 0 spiro atoms. The van der Waals surface area contributed by atoms with Crippen LogP contribution in [-0.4, -0.2) is 19.9 Å². The molecule has 1 heterocycles. The molecular weight excluding hydrogens is 383 g/mol. The average Bonchev–Trinajstić information content (AvgIpc) is 3.04. The van der Waals surface area contributed by atoms with Crippen molar-refractivity contribution in [1.82, 2.24) is 9.71 Å². The van der Waals surface area contributed by atoms with Gasteiger partial charge in [-0.1, -0.05) is 17.7 Å². The van der Waals surface area contributed by atoms with Gasteiger partial charge in [0.2, 0.25) is 10.0 Å². The molecule has 2 aromatic carbocycles. The number of hydrogen-bond acceptors (Lipinski definition) is 4. The summed E-state index contributed by atoms with van der Waals surface area (Å²) in [5.74, 6) is -0.295. The van der Waals surface area contributed by atoms with Crippen LogP contribution in [0.3, 0.4) is 0 Å². The molecule has 0 saturated carbocycles. The van der Waals surface area contributed by atoms with Crippen LogP contribution in [0.25, 0.3) is 10.6 Å². The molecule has 0 aliphatic heterocycles. The Balaban J connectivity index is 1.62. The van der Waals surface area contributed by atoms with E-state index >= 15 is 0 Å². The summed E-state index contributed by atoms with van der Waals surface area (Å²) in [5.41, 5.74) is 1.61. The molecule has 130 valence electrons. The Hall–Kier alpha value is -1.80. The van der Waals surface area contributed by atoms with Gasteiger partial charge < -0.3 is 0 Å². The molecule has 0 fully saturated rings. The summed E-state index contributed by atoms with van der Waals surface area (Å²) in [6.45, 7) is 0.224. The Morgan fingerprint density at radius 3 is 2.64 bits per heavy atom. The third-order valence-electron chi connectivity index (χ3n) is 3.42. The van der Waals surface area contributed by atoms with Gasteiger partial charge in [0.25, 0.3) is 0 Å². The Bertz CT molecular complexity index is 972. The van der Waals surface area contributed by atoms with Gasteiger partial charge >= 0.3 is 0 Å². The Morgan fingerprint density at radius 2 is 1.92 bits per heavy atom. The van der Waals surface area contributed by atoms with E-state index < -0.39 is 10.0 Å². The first-order valence-corrected chi connectivity index (χ1v) is 10.1. The highest BCUT2D eigenvalue weighted by Crippen LogP contribution is 2.24. The average molecular weight is 397 g/mol. The third kappa shape index (κ3) is 4.64.